The number of nitrogens with one attached hydrogen (secondary N) is 1. The molecule has 3 N–H and O–H groups in total. The van der Waals surface area contributed by atoms with Gasteiger partial charge in [0, 0.05) is 49.4 Å². The molecular weight excluding hydrogens is 368 g/mol. The molecule has 7 nitrogen and oxygen atoms in total. The average molecular weight is 394 g/mol. The van der Waals surface area contributed by atoms with Crippen molar-refractivity contribution in [2.75, 3.05) is 38.0 Å². The van der Waals surface area contributed by atoms with Crippen molar-refractivity contribution >= 4 is 23.4 Å². The van der Waals surface area contributed by atoms with Gasteiger partial charge in [-0.2, -0.15) is 0 Å². The lowest BCUT2D eigenvalue weighted by molar-refractivity contribution is -0.116. The molecule has 0 aromatic heterocycles. The van der Waals surface area contributed by atoms with Gasteiger partial charge in [0.1, 0.15) is 0 Å². The van der Waals surface area contributed by atoms with Crippen LogP contribution in [0.15, 0.2) is 54.6 Å². The van der Waals surface area contributed by atoms with Crippen LogP contribution in [0.25, 0.3) is 0 Å². The molecule has 3 rings (SSSR count). The molecule has 1 heterocycles. The van der Waals surface area contributed by atoms with E-state index in [4.69, 9.17) is 5.73 Å². The molecule has 0 saturated carbocycles. The van der Waals surface area contributed by atoms with Gasteiger partial charge < -0.3 is 20.9 Å². The highest BCUT2D eigenvalue weighted by Crippen LogP contribution is 2.11. The van der Waals surface area contributed by atoms with Crippen LogP contribution >= 0.6 is 0 Å². The zero-order chi connectivity index (χ0) is 20.6. The molecule has 29 heavy (non-hydrogen) atoms. The quantitative estimate of drug-likeness (QED) is 0.783. The van der Waals surface area contributed by atoms with Gasteiger partial charge in [-0.15, -0.1) is 0 Å². The molecule has 1 saturated heterocycles. The lowest BCUT2D eigenvalue weighted by Gasteiger charge is -2.22. The Morgan fingerprint density at radius 2 is 1.59 bits per heavy atom. The van der Waals surface area contributed by atoms with Crippen LogP contribution in [-0.4, -0.2) is 60.2 Å². The van der Waals surface area contributed by atoms with Crippen LogP contribution in [0.4, 0.5) is 5.69 Å². The summed E-state index contributed by atoms with van der Waals surface area (Å²) in [7, 11) is 0. The summed E-state index contributed by atoms with van der Waals surface area (Å²) in [5.74, 6) is -0.522. The Morgan fingerprint density at radius 3 is 2.28 bits per heavy atom. The summed E-state index contributed by atoms with van der Waals surface area (Å²) in [4.78, 5) is 40.0. The van der Waals surface area contributed by atoms with Crippen LogP contribution in [-0.2, 0) is 4.79 Å². The number of carbonyl (C=O) groups is 3. The Morgan fingerprint density at radius 1 is 0.862 bits per heavy atom. The Kier molecular flexibility index (Phi) is 6.97. The fourth-order valence-corrected chi connectivity index (χ4v) is 3.36. The molecule has 2 aromatic rings. The maximum Gasteiger partial charge on any atom is 0.253 e. The molecule has 0 spiro atoms. The van der Waals surface area contributed by atoms with Crippen LogP contribution in [0, 0.1) is 0 Å². The third-order valence-electron chi connectivity index (χ3n) is 5.00. The molecule has 1 aliphatic rings. The molecule has 0 atom stereocenters. The predicted octanol–water partition coefficient (Wildman–Crippen LogP) is 1.96. The smallest absolute Gasteiger partial charge is 0.253 e. The molecule has 0 radical (unpaired) electrons. The maximum atomic E-state index is 12.6. The largest absolute Gasteiger partial charge is 0.366 e. The van der Waals surface area contributed by atoms with Crippen molar-refractivity contribution in [2.45, 2.75) is 12.8 Å². The molecule has 1 aliphatic heterocycles. The number of amides is 3. The van der Waals surface area contributed by atoms with Crippen molar-refractivity contribution in [3.05, 3.63) is 65.7 Å². The minimum atomic E-state index is -0.496. The molecule has 2 aromatic carbocycles. The van der Waals surface area contributed by atoms with Gasteiger partial charge >= 0.3 is 0 Å². The van der Waals surface area contributed by atoms with Gasteiger partial charge in [-0.1, -0.05) is 18.2 Å². The van der Waals surface area contributed by atoms with Crippen molar-refractivity contribution in [1.29, 1.82) is 0 Å². The van der Waals surface area contributed by atoms with Crippen LogP contribution < -0.4 is 11.1 Å². The number of primary amides is 1. The highest BCUT2D eigenvalue weighted by atomic mass is 16.2. The molecule has 0 aliphatic carbocycles. The number of nitrogens with zero attached hydrogens (tertiary/aromatic N) is 2. The molecule has 1 fully saturated rings. The molecular formula is C22H26N4O3. The predicted molar refractivity (Wildman–Crippen MR) is 112 cm³/mol. The first kappa shape index (κ1) is 20.5. The lowest BCUT2D eigenvalue weighted by atomic mass is 10.2. The Labute approximate surface area is 170 Å². The van der Waals surface area contributed by atoms with Gasteiger partial charge in [-0.05, 0) is 49.4 Å². The van der Waals surface area contributed by atoms with Gasteiger partial charge in [0.25, 0.3) is 5.91 Å². The minimum absolute atomic E-state index is 0.0598. The van der Waals surface area contributed by atoms with E-state index in [1.165, 1.54) is 0 Å². The Hall–Kier alpha value is -3.19. The van der Waals surface area contributed by atoms with Gasteiger partial charge in [-0.25, -0.2) is 0 Å². The third kappa shape index (κ3) is 5.89. The topological polar surface area (TPSA) is 95.7 Å². The summed E-state index contributed by atoms with van der Waals surface area (Å²) in [5.41, 5.74) is 6.96. The minimum Gasteiger partial charge on any atom is -0.366 e. The maximum absolute atomic E-state index is 12.6. The van der Waals surface area contributed by atoms with E-state index >= 15 is 0 Å². The average Bonchev–Trinajstić information content (AvgIpc) is 2.98. The summed E-state index contributed by atoms with van der Waals surface area (Å²) in [5, 5.41) is 2.83. The first-order valence-electron chi connectivity index (χ1n) is 9.79. The number of nitrogens with two attached hydrogens (primary N) is 1. The number of anilines is 1. The molecule has 0 unspecified atom stereocenters. The second-order valence-electron chi connectivity index (χ2n) is 7.09. The van der Waals surface area contributed by atoms with Crippen LogP contribution in [0.3, 0.4) is 0 Å². The highest BCUT2D eigenvalue weighted by Gasteiger charge is 2.20. The fraction of sp³-hybridized carbons (Fsp3) is 0.318. The van der Waals surface area contributed by atoms with E-state index in [0.717, 1.165) is 26.1 Å². The van der Waals surface area contributed by atoms with Crippen molar-refractivity contribution in [3.63, 3.8) is 0 Å². The zero-order valence-corrected chi connectivity index (χ0v) is 16.3. The molecule has 3 amide bonds. The van der Waals surface area contributed by atoms with Gasteiger partial charge in [-0.3, -0.25) is 14.4 Å². The second kappa shape index (κ2) is 9.84. The van der Waals surface area contributed by atoms with Crippen molar-refractivity contribution in [1.82, 2.24) is 9.80 Å². The zero-order valence-electron chi connectivity index (χ0n) is 16.3. The normalized spacial score (nSPS) is 14.8. The summed E-state index contributed by atoms with van der Waals surface area (Å²) in [6.07, 6.45) is 1.25. The van der Waals surface area contributed by atoms with Crippen molar-refractivity contribution in [2.24, 2.45) is 5.73 Å². The number of rotatable bonds is 6. The third-order valence-corrected chi connectivity index (χ3v) is 5.00. The molecule has 152 valence electrons. The van der Waals surface area contributed by atoms with Crippen molar-refractivity contribution in [3.8, 4) is 0 Å². The summed E-state index contributed by atoms with van der Waals surface area (Å²) in [6.45, 7) is 3.63. The summed E-state index contributed by atoms with van der Waals surface area (Å²) < 4.78 is 0. The standard InChI is InChI=1S/C22H26N4O3/c23-21(28)17-7-9-19(10-8-17)24-20(27)11-14-25-12-4-13-26(16-15-25)22(29)18-5-2-1-3-6-18/h1-3,5-10H,4,11-16H2,(H2,23,28)(H,24,27). The van der Waals surface area contributed by atoms with Crippen LogP contribution in [0.2, 0.25) is 0 Å². The van der Waals surface area contributed by atoms with Gasteiger partial charge in [0.05, 0.1) is 0 Å². The monoisotopic (exact) mass is 394 g/mol. The van der Waals surface area contributed by atoms with E-state index in [0.29, 0.717) is 36.3 Å². The second-order valence-corrected chi connectivity index (χ2v) is 7.09. The first-order valence-corrected chi connectivity index (χ1v) is 9.79. The SMILES string of the molecule is NC(=O)c1ccc(NC(=O)CCN2CCCN(C(=O)c3ccccc3)CC2)cc1. The highest BCUT2D eigenvalue weighted by molar-refractivity contribution is 5.95. The Bertz CT molecular complexity index is 852. The van der Waals surface area contributed by atoms with Gasteiger partial charge in [0.15, 0.2) is 0 Å². The first-order chi connectivity index (χ1) is 14.0. The number of carbonyl (C=O) groups excluding carboxylic acids is 3. The van der Waals surface area contributed by atoms with Crippen LogP contribution in [0.1, 0.15) is 33.6 Å². The van der Waals surface area contributed by atoms with E-state index < -0.39 is 5.91 Å². The van der Waals surface area contributed by atoms with E-state index in [1.54, 1.807) is 24.3 Å². The van der Waals surface area contributed by atoms with Crippen molar-refractivity contribution < 1.29 is 14.4 Å². The van der Waals surface area contributed by atoms with E-state index in [2.05, 4.69) is 10.2 Å². The number of hydrogen-bond acceptors (Lipinski definition) is 4. The van der Waals surface area contributed by atoms with Gasteiger partial charge in [0.2, 0.25) is 11.8 Å². The van der Waals surface area contributed by atoms with E-state index in [1.807, 2.05) is 35.2 Å². The summed E-state index contributed by atoms with van der Waals surface area (Å²) in [6, 6.07) is 15.8. The molecule has 0 bridgehead atoms. The lowest BCUT2D eigenvalue weighted by Crippen LogP contribution is -2.36. The van der Waals surface area contributed by atoms with Crippen LogP contribution in [0.5, 0.6) is 0 Å². The summed E-state index contributed by atoms with van der Waals surface area (Å²) >= 11 is 0. The Balaban J connectivity index is 1.44. The van der Waals surface area contributed by atoms with E-state index in [9.17, 15) is 14.4 Å². The fourth-order valence-electron chi connectivity index (χ4n) is 3.36. The number of hydrogen-bond donors (Lipinski definition) is 2. The number of benzene rings is 2. The van der Waals surface area contributed by atoms with E-state index in [-0.39, 0.29) is 11.8 Å². The molecule has 7 heteroatoms.